The Morgan fingerprint density at radius 3 is 1.10 bits per heavy atom. The molecule has 2 aliphatic carbocycles. The second-order valence-corrected chi connectivity index (χ2v) is 9.35. The van der Waals surface area contributed by atoms with Crippen molar-refractivity contribution in [1.29, 1.82) is 10.5 Å². The van der Waals surface area contributed by atoms with Gasteiger partial charge in [-0.2, -0.15) is 10.5 Å². The number of rotatable bonds is 5. The molecule has 0 saturated carbocycles. The molecule has 146 valence electrons. The predicted molar refractivity (Wildman–Crippen MR) is 111 cm³/mol. The highest BCUT2D eigenvalue weighted by Crippen LogP contribution is 2.43. The summed E-state index contributed by atoms with van der Waals surface area (Å²) in [4.78, 5) is 50.7. The summed E-state index contributed by atoms with van der Waals surface area (Å²) in [6.45, 7) is 0. The SMILES string of the molecule is N#CC(SSC(C#N)C1C(=O)c2ccccc2C1=O)C1C(=O)c2ccccc2C1=O. The van der Waals surface area contributed by atoms with Crippen molar-refractivity contribution in [1.82, 2.24) is 0 Å². The Kier molecular flexibility index (Phi) is 5.29. The standard InChI is InChI=1S/C22H12N2O4S2/c23-9-15(17-19(25)11-5-1-2-6-12(11)20(17)26)29-30-16(10-24)18-21(27)13-7-3-4-8-14(13)22(18)28/h1-8,15-18H. The predicted octanol–water partition coefficient (Wildman–Crippen LogP) is 3.54. The molecule has 0 amide bonds. The minimum absolute atomic E-state index is 0.284. The minimum Gasteiger partial charge on any atom is -0.293 e. The fraction of sp³-hybridized carbons (Fsp3) is 0.182. The molecule has 4 rings (SSSR count). The Morgan fingerprint density at radius 1 is 0.600 bits per heavy atom. The lowest BCUT2D eigenvalue weighted by molar-refractivity contribution is 0.0829. The van der Waals surface area contributed by atoms with Crippen molar-refractivity contribution in [3.05, 3.63) is 70.8 Å². The van der Waals surface area contributed by atoms with Crippen molar-refractivity contribution >= 4 is 44.7 Å². The smallest absolute Gasteiger partial charge is 0.176 e. The van der Waals surface area contributed by atoms with E-state index >= 15 is 0 Å². The van der Waals surface area contributed by atoms with E-state index in [1.807, 2.05) is 12.1 Å². The quantitative estimate of drug-likeness (QED) is 0.520. The summed E-state index contributed by atoms with van der Waals surface area (Å²) >= 11 is 0. The van der Waals surface area contributed by atoms with Crippen molar-refractivity contribution in [2.45, 2.75) is 10.5 Å². The van der Waals surface area contributed by atoms with Crippen LogP contribution in [0.25, 0.3) is 0 Å². The zero-order chi connectivity index (χ0) is 21.4. The van der Waals surface area contributed by atoms with E-state index in [-0.39, 0.29) is 22.3 Å². The molecule has 0 aliphatic heterocycles. The molecular formula is C22H12N2O4S2. The first-order chi connectivity index (χ1) is 14.5. The van der Waals surface area contributed by atoms with Crippen LogP contribution in [0.15, 0.2) is 48.5 Å². The van der Waals surface area contributed by atoms with Gasteiger partial charge in [0.2, 0.25) is 0 Å². The summed E-state index contributed by atoms with van der Waals surface area (Å²) in [5.41, 5.74) is 1.14. The van der Waals surface area contributed by atoms with E-state index < -0.39 is 45.5 Å². The molecule has 0 aromatic heterocycles. The van der Waals surface area contributed by atoms with Gasteiger partial charge in [-0.3, -0.25) is 19.2 Å². The monoisotopic (exact) mass is 432 g/mol. The maximum absolute atomic E-state index is 12.7. The highest BCUT2D eigenvalue weighted by molar-refractivity contribution is 8.77. The van der Waals surface area contributed by atoms with E-state index in [0.717, 1.165) is 21.6 Å². The second-order valence-electron chi connectivity index (χ2n) is 6.80. The molecule has 0 radical (unpaired) electrons. The zero-order valence-corrected chi connectivity index (χ0v) is 16.9. The van der Waals surface area contributed by atoms with E-state index in [1.54, 1.807) is 48.5 Å². The first-order valence-electron chi connectivity index (χ1n) is 8.96. The van der Waals surface area contributed by atoms with Crippen LogP contribution in [-0.2, 0) is 0 Å². The number of carbonyl (C=O) groups excluding carboxylic acids is 4. The number of Topliss-reactive ketones (excluding diaryl/α,β-unsaturated/α-hetero) is 4. The van der Waals surface area contributed by atoms with Gasteiger partial charge in [0.25, 0.3) is 0 Å². The molecule has 0 saturated heterocycles. The molecule has 0 N–H and O–H groups in total. The summed E-state index contributed by atoms with van der Waals surface area (Å²) in [7, 11) is 1.77. The van der Waals surface area contributed by atoms with Gasteiger partial charge in [-0.05, 0) is 0 Å². The van der Waals surface area contributed by atoms with Crippen LogP contribution in [-0.4, -0.2) is 33.6 Å². The normalized spacial score (nSPS) is 17.9. The van der Waals surface area contributed by atoms with Gasteiger partial charge in [0.05, 0.1) is 12.1 Å². The van der Waals surface area contributed by atoms with Gasteiger partial charge in [-0.1, -0.05) is 70.1 Å². The van der Waals surface area contributed by atoms with Gasteiger partial charge >= 0.3 is 0 Å². The fourth-order valence-electron chi connectivity index (χ4n) is 3.71. The first-order valence-corrected chi connectivity index (χ1v) is 11.2. The Labute approximate surface area is 179 Å². The van der Waals surface area contributed by atoms with Gasteiger partial charge in [-0.25, -0.2) is 0 Å². The molecule has 30 heavy (non-hydrogen) atoms. The average Bonchev–Trinajstić information content (AvgIpc) is 3.18. The summed E-state index contributed by atoms with van der Waals surface area (Å²) in [6.07, 6.45) is 0. The van der Waals surface area contributed by atoms with Crippen LogP contribution in [0.5, 0.6) is 0 Å². The highest BCUT2D eigenvalue weighted by Gasteiger charge is 2.47. The van der Waals surface area contributed by atoms with Crippen LogP contribution in [0.4, 0.5) is 0 Å². The minimum atomic E-state index is -1.17. The van der Waals surface area contributed by atoms with Gasteiger partial charge in [0.15, 0.2) is 23.1 Å². The van der Waals surface area contributed by atoms with E-state index in [1.165, 1.54) is 0 Å². The maximum Gasteiger partial charge on any atom is 0.176 e. The van der Waals surface area contributed by atoms with E-state index in [0.29, 0.717) is 0 Å². The fourth-order valence-corrected chi connectivity index (χ4v) is 6.39. The van der Waals surface area contributed by atoms with Crippen LogP contribution in [0.2, 0.25) is 0 Å². The third-order valence-corrected chi connectivity index (χ3v) is 8.03. The van der Waals surface area contributed by atoms with Crippen molar-refractivity contribution in [3.8, 4) is 12.1 Å². The molecule has 2 unspecified atom stereocenters. The first kappa shape index (κ1) is 20.1. The summed E-state index contributed by atoms with van der Waals surface area (Å²) in [5, 5.41) is 17.1. The Bertz CT molecular complexity index is 1030. The number of hydrogen-bond donors (Lipinski definition) is 0. The molecule has 0 fully saturated rings. The van der Waals surface area contributed by atoms with Crippen LogP contribution >= 0.6 is 21.6 Å². The van der Waals surface area contributed by atoms with Crippen LogP contribution in [0.3, 0.4) is 0 Å². The largest absolute Gasteiger partial charge is 0.293 e. The number of ketones is 4. The average molecular weight is 432 g/mol. The lowest BCUT2D eigenvalue weighted by Crippen LogP contribution is -2.28. The molecule has 0 bridgehead atoms. The number of benzene rings is 2. The lowest BCUT2D eigenvalue weighted by atomic mass is 10.0. The summed E-state index contributed by atoms with van der Waals surface area (Å²) < 4.78 is 0. The Hall–Kier alpha value is -3.20. The topological polar surface area (TPSA) is 116 Å². The zero-order valence-electron chi connectivity index (χ0n) is 15.3. The number of nitrogens with zero attached hydrogens (tertiary/aromatic N) is 2. The summed E-state index contributed by atoms with van der Waals surface area (Å²) in [6, 6.07) is 16.7. The second kappa shape index (κ2) is 7.91. The van der Waals surface area contributed by atoms with Crippen LogP contribution < -0.4 is 0 Å². The van der Waals surface area contributed by atoms with Gasteiger partial charge < -0.3 is 0 Å². The van der Waals surface area contributed by atoms with Gasteiger partial charge in [0, 0.05) is 22.3 Å². The molecule has 6 nitrogen and oxygen atoms in total. The number of fused-ring (bicyclic) bond motifs is 2. The van der Waals surface area contributed by atoms with Gasteiger partial charge in [-0.15, -0.1) is 0 Å². The molecule has 2 aromatic carbocycles. The van der Waals surface area contributed by atoms with Crippen LogP contribution in [0, 0.1) is 34.5 Å². The highest BCUT2D eigenvalue weighted by atomic mass is 33.1. The van der Waals surface area contributed by atoms with Crippen molar-refractivity contribution in [3.63, 3.8) is 0 Å². The van der Waals surface area contributed by atoms with Crippen molar-refractivity contribution < 1.29 is 19.2 Å². The molecule has 0 spiro atoms. The third-order valence-electron chi connectivity index (χ3n) is 5.17. The van der Waals surface area contributed by atoms with Crippen molar-refractivity contribution in [2.24, 2.45) is 11.8 Å². The lowest BCUT2D eigenvalue weighted by Gasteiger charge is -2.17. The molecule has 0 heterocycles. The molecule has 2 aromatic rings. The number of nitriles is 2. The molecular weight excluding hydrogens is 420 g/mol. The number of carbonyl (C=O) groups is 4. The van der Waals surface area contributed by atoms with Gasteiger partial charge in [0.1, 0.15) is 22.3 Å². The number of hydrogen-bond acceptors (Lipinski definition) is 8. The van der Waals surface area contributed by atoms with Crippen molar-refractivity contribution in [2.75, 3.05) is 0 Å². The summed E-state index contributed by atoms with van der Waals surface area (Å²) in [5.74, 6) is -4.05. The molecule has 8 heteroatoms. The Morgan fingerprint density at radius 2 is 0.867 bits per heavy atom. The molecule has 2 aliphatic rings. The Balaban J connectivity index is 1.52. The maximum atomic E-state index is 12.7. The van der Waals surface area contributed by atoms with Crippen LogP contribution in [0.1, 0.15) is 41.4 Å². The van der Waals surface area contributed by atoms with E-state index in [9.17, 15) is 29.7 Å². The van der Waals surface area contributed by atoms with E-state index in [4.69, 9.17) is 0 Å². The molecule has 2 atom stereocenters. The van der Waals surface area contributed by atoms with E-state index in [2.05, 4.69) is 0 Å². The third kappa shape index (κ3) is 3.06.